The molecule has 2 aliphatic carbocycles. The molecule has 1 amide bonds. The second-order valence-corrected chi connectivity index (χ2v) is 15.4. The number of nitrogens with one attached hydrogen (secondary N) is 1. The number of aliphatic hydroxyl groups is 1. The average molecular weight is 599 g/mol. The Bertz CT molecular complexity index is 1490. The number of fused-ring (bicyclic) bond motifs is 4. The van der Waals surface area contributed by atoms with Crippen molar-refractivity contribution in [1.29, 1.82) is 0 Å². The number of amides is 1. The minimum Gasteiger partial charge on any atom is -0.490 e. The molecule has 1 fully saturated rings. The molecule has 0 aromatic heterocycles. The summed E-state index contributed by atoms with van der Waals surface area (Å²) in [5.41, 5.74) is 2.72. The fourth-order valence-corrected chi connectivity index (χ4v) is 9.10. The molecule has 2 N–H and O–H groups in total. The Hall–Kier alpha value is -2.55. The van der Waals surface area contributed by atoms with Crippen molar-refractivity contribution in [3.05, 3.63) is 70.3 Å². The van der Waals surface area contributed by atoms with Gasteiger partial charge in [0.05, 0.1) is 24.2 Å². The van der Waals surface area contributed by atoms with E-state index >= 15 is 0 Å². The number of anilines is 1. The quantitative estimate of drug-likeness (QED) is 0.402. The number of sulfonamides is 1. The van der Waals surface area contributed by atoms with E-state index in [4.69, 9.17) is 16.3 Å². The van der Waals surface area contributed by atoms with Crippen LogP contribution >= 0.6 is 11.6 Å². The van der Waals surface area contributed by atoms with Crippen LogP contribution in [0.2, 0.25) is 5.02 Å². The molecule has 220 valence electrons. The first-order valence-corrected chi connectivity index (χ1v) is 16.7. The fourth-order valence-electron chi connectivity index (χ4n) is 7.29. The molecular formula is C32H39ClN2O5S. The summed E-state index contributed by atoms with van der Waals surface area (Å²) in [5, 5.41) is 11.9. The Morgan fingerprint density at radius 2 is 1.98 bits per heavy atom. The summed E-state index contributed by atoms with van der Waals surface area (Å²) in [4.78, 5) is 15.6. The summed E-state index contributed by atoms with van der Waals surface area (Å²) < 4.78 is 34.8. The lowest BCUT2D eigenvalue weighted by Crippen LogP contribution is -2.49. The van der Waals surface area contributed by atoms with Crippen molar-refractivity contribution in [2.45, 2.75) is 63.9 Å². The molecule has 0 saturated heterocycles. The van der Waals surface area contributed by atoms with Gasteiger partial charge in [0.15, 0.2) is 0 Å². The molecule has 1 spiro atoms. The molecule has 41 heavy (non-hydrogen) atoms. The van der Waals surface area contributed by atoms with Crippen LogP contribution in [0.25, 0.3) is 0 Å². The molecular weight excluding hydrogens is 560 g/mol. The Kier molecular flexibility index (Phi) is 7.40. The van der Waals surface area contributed by atoms with Crippen LogP contribution in [-0.4, -0.2) is 51.0 Å². The van der Waals surface area contributed by atoms with E-state index in [1.165, 1.54) is 11.1 Å². The number of ether oxygens (including phenoxy) is 1. The number of rotatable bonds is 0. The molecule has 2 aromatic carbocycles. The molecule has 7 nitrogen and oxygen atoms in total. The van der Waals surface area contributed by atoms with Gasteiger partial charge in [0.2, 0.25) is 10.0 Å². The summed E-state index contributed by atoms with van der Waals surface area (Å²) in [7, 11) is -3.89. The van der Waals surface area contributed by atoms with Crippen LogP contribution in [0.3, 0.4) is 0 Å². The number of allylic oxidation sites excluding steroid dienone is 1. The number of hydrogen-bond donors (Lipinski definition) is 2. The van der Waals surface area contributed by atoms with Crippen molar-refractivity contribution in [3.63, 3.8) is 0 Å². The fraction of sp³-hybridized carbons (Fsp3) is 0.531. The molecule has 2 aromatic rings. The number of carbonyl (C=O) groups excluding carboxylic acids is 1. The summed E-state index contributed by atoms with van der Waals surface area (Å²) in [6.45, 7) is 5.62. The smallest absolute Gasteiger partial charge is 0.264 e. The highest BCUT2D eigenvalue weighted by molar-refractivity contribution is 7.90. The molecule has 0 radical (unpaired) electrons. The van der Waals surface area contributed by atoms with Crippen molar-refractivity contribution >= 4 is 33.2 Å². The van der Waals surface area contributed by atoms with Crippen molar-refractivity contribution in [3.8, 4) is 5.75 Å². The zero-order valence-electron chi connectivity index (χ0n) is 23.7. The summed E-state index contributed by atoms with van der Waals surface area (Å²) in [6.07, 6.45) is 8.54. The largest absolute Gasteiger partial charge is 0.490 e. The second-order valence-electron chi connectivity index (χ2n) is 13.3. The van der Waals surface area contributed by atoms with Crippen LogP contribution in [0.5, 0.6) is 5.75 Å². The van der Waals surface area contributed by atoms with Gasteiger partial charge in [-0.05, 0) is 97.2 Å². The number of carbonyl (C=O) groups is 1. The number of benzene rings is 2. The Morgan fingerprint density at radius 1 is 1.15 bits per heavy atom. The maximum atomic E-state index is 13.3. The zero-order valence-corrected chi connectivity index (χ0v) is 25.3. The normalized spacial score (nSPS) is 31.5. The predicted octanol–water partition coefficient (Wildman–Crippen LogP) is 5.25. The van der Waals surface area contributed by atoms with E-state index in [1.807, 2.05) is 32.1 Å². The van der Waals surface area contributed by atoms with Gasteiger partial charge in [-0.2, -0.15) is 0 Å². The minimum atomic E-state index is -3.89. The van der Waals surface area contributed by atoms with Crippen LogP contribution < -0.4 is 14.4 Å². The first kappa shape index (κ1) is 28.6. The average Bonchev–Trinajstić information content (AvgIpc) is 3.02. The van der Waals surface area contributed by atoms with Gasteiger partial charge in [0, 0.05) is 29.1 Å². The first-order valence-electron chi connectivity index (χ1n) is 14.6. The maximum Gasteiger partial charge on any atom is 0.264 e. The Balaban J connectivity index is 1.42. The number of halogens is 1. The van der Waals surface area contributed by atoms with E-state index in [9.17, 15) is 18.3 Å². The van der Waals surface area contributed by atoms with Gasteiger partial charge in [0.1, 0.15) is 5.75 Å². The van der Waals surface area contributed by atoms with Crippen molar-refractivity contribution in [2.75, 3.05) is 30.3 Å². The number of aliphatic hydroxyl groups excluding tert-OH is 1. The molecule has 4 aliphatic rings. The highest BCUT2D eigenvalue weighted by Crippen LogP contribution is 2.46. The van der Waals surface area contributed by atoms with Gasteiger partial charge in [-0.25, -0.2) is 13.1 Å². The van der Waals surface area contributed by atoms with Crippen LogP contribution in [0, 0.1) is 17.3 Å². The van der Waals surface area contributed by atoms with Crippen molar-refractivity contribution in [1.82, 2.24) is 4.72 Å². The van der Waals surface area contributed by atoms with Crippen LogP contribution in [0.1, 0.15) is 67.4 Å². The van der Waals surface area contributed by atoms with Gasteiger partial charge in [-0.3, -0.25) is 4.79 Å². The van der Waals surface area contributed by atoms with Crippen LogP contribution in [-0.2, 0) is 21.9 Å². The van der Waals surface area contributed by atoms with Gasteiger partial charge >= 0.3 is 0 Å². The number of hydrogen-bond acceptors (Lipinski definition) is 6. The summed E-state index contributed by atoms with van der Waals surface area (Å²) >= 11 is 6.38. The number of nitrogens with zero attached hydrogens (tertiary/aromatic N) is 1. The second kappa shape index (κ2) is 10.6. The SMILES string of the molecule is CC1(C)C/C=C/[C@H](O)[C@@H]2CC[C@H]2CN2C[C@@]3(CCCc4cc(Cl)ccc43)COc3ccc(cc32)C(=O)NS(=O)(=O)C1. The van der Waals surface area contributed by atoms with Gasteiger partial charge in [-0.1, -0.05) is 43.7 Å². The number of aryl methyl sites for hydroxylation is 1. The molecule has 9 heteroatoms. The van der Waals surface area contributed by atoms with E-state index in [2.05, 4.69) is 21.8 Å². The van der Waals surface area contributed by atoms with Gasteiger partial charge < -0.3 is 14.7 Å². The monoisotopic (exact) mass is 598 g/mol. The van der Waals surface area contributed by atoms with Gasteiger partial charge in [-0.15, -0.1) is 0 Å². The molecule has 2 aliphatic heterocycles. The molecule has 2 heterocycles. The Labute approximate surface area is 248 Å². The summed E-state index contributed by atoms with van der Waals surface area (Å²) in [6, 6.07) is 11.4. The molecule has 2 bridgehead atoms. The highest BCUT2D eigenvalue weighted by atomic mass is 35.5. The van der Waals surface area contributed by atoms with Crippen LogP contribution in [0.15, 0.2) is 48.6 Å². The van der Waals surface area contributed by atoms with E-state index in [0.717, 1.165) is 42.8 Å². The predicted molar refractivity (Wildman–Crippen MR) is 161 cm³/mol. The third-order valence-corrected chi connectivity index (χ3v) is 11.4. The standard InChI is InChI=1S/C32H39ClN2O5S/c1-31(2)13-4-6-28(36)25-10-7-23(25)17-35-18-32(14-3-5-21-15-24(33)9-11-26(21)32)19-40-29-12-8-22(16-27(29)35)30(37)34-41(38,39)20-31/h4,6,8-9,11-12,15-16,23,25,28,36H,3,5,7,10,13-14,17-20H2,1-2H3,(H,34,37)/b6-4+/t23-,25+,28-,32-/m0/s1. The zero-order chi connectivity index (χ0) is 29.0. The van der Waals surface area contributed by atoms with E-state index < -0.39 is 27.4 Å². The van der Waals surface area contributed by atoms with Crippen molar-refractivity contribution < 1.29 is 23.1 Å². The summed E-state index contributed by atoms with van der Waals surface area (Å²) in [5.74, 6) is 0.244. The lowest BCUT2D eigenvalue weighted by atomic mass is 9.68. The molecule has 1 saturated carbocycles. The lowest BCUT2D eigenvalue weighted by molar-refractivity contribution is 0.0455. The van der Waals surface area contributed by atoms with Crippen LogP contribution in [0.4, 0.5) is 5.69 Å². The van der Waals surface area contributed by atoms with E-state index in [0.29, 0.717) is 31.9 Å². The minimum absolute atomic E-state index is 0.124. The third kappa shape index (κ3) is 5.75. The van der Waals surface area contributed by atoms with E-state index in [-0.39, 0.29) is 28.6 Å². The Morgan fingerprint density at radius 3 is 2.76 bits per heavy atom. The van der Waals surface area contributed by atoms with E-state index in [1.54, 1.807) is 18.2 Å². The molecule has 4 atom stereocenters. The molecule has 0 unspecified atom stereocenters. The topological polar surface area (TPSA) is 95.9 Å². The highest BCUT2D eigenvalue weighted by Gasteiger charge is 2.44. The molecule has 6 rings (SSSR count). The van der Waals surface area contributed by atoms with Gasteiger partial charge in [0.25, 0.3) is 5.91 Å². The third-order valence-electron chi connectivity index (χ3n) is 9.50. The lowest BCUT2D eigenvalue weighted by Gasteiger charge is -2.45. The first-order chi connectivity index (χ1) is 19.4. The maximum absolute atomic E-state index is 13.3. The van der Waals surface area contributed by atoms with Crippen molar-refractivity contribution in [2.24, 2.45) is 17.3 Å².